The maximum Gasteiger partial charge on any atom is 0.0110 e. The first-order valence-corrected chi connectivity index (χ1v) is 8.13. The van der Waals surface area contributed by atoms with Crippen LogP contribution in [-0.4, -0.2) is 29.6 Å². The van der Waals surface area contributed by atoms with Crippen LogP contribution >= 0.6 is 0 Å². The topological polar surface area (TPSA) is 29.3 Å². The van der Waals surface area contributed by atoms with Crippen LogP contribution in [0.1, 0.15) is 67.2 Å². The number of nitrogens with zero attached hydrogens (tertiary/aromatic N) is 1. The summed E-state index contributed by atoms with van der Waals surface area (Å²) < 4.78 is 0. The summed E-state index contributed by atoms with van der Waals surface area (Å²) in [6, 6.07) is 1.79. The third kappa shape index (κ3) is 3.33. The molecule has 0 amide bonds. The van der Waals surface area contributed by atoms with Crippen molar-refractivity contribution in [3.05, 3.63) is 0 Å². The molecule has 0 aromatic carbocycles. The number of hydrogen-bond acceptors (Lipinski definition) is 2. The molecule has 1 aliphatic carbocycles. The van der Waals surface area contributed by atoms with Crippen LogP contribution in [0.5, 0.6) is 0 Å². The molecular weight excluding hydrogens is 232 g/mol. The molecule has 0 radical (unpaired) electrons. The Bertz CT molecular complexity index is 305. The van der Waals surface area contributed by atoms with Crippen molar-refractivity contribution in [2.45, 2.75) is 85.4 Å². The highest BCUT2D eigenvalue weighted by Crippen LogP contribution is 2.48. The average molecular weight is 266 g/mol. The fourth-order valence-corrected chi connectivity index (χ4v) is 4.96. The summed E-state index contributed by atoms with van der Waals surface area (Å²) in [5.41, 5.74) is 7.20. The Morgan fingerprint density at radius 2 is 1.53 bits per heavy atom. The van der Waals surface area contributed by atoms with E-state index in [4.69, 9.17) is 5.73 Å². The van der Waals surface area contributed by atoms with Crippen molar-refractivity contribution in [2.24, 2.45) is 22.5 Å². The van der Waals surface area contributed by atoms with Crippen LogP contribution in [0.15, 0.2) is 0 Å². The summed E-state index contributed by atoms with van der Waals surface area (Å²) in [7, 11) is 0. The molecule has 19 heavy (non-hydrogen) atoms. The Kier molecular flexibility index (Phi) is 4.06. The fourth-order valence-electron chi connectivity index (χ4n) is 4.96. The molecule has 2 N–H and O–H groups in total. The molecule has 1 saturated carbocycles. The van der Waals surface area contributed by atoms with Crippen LogP contribution in [0.3, 0.4) is 0 Å². The predicted molar refractivity (Wildman–Crippen MR) is 83.1 cm³/mol. The molecular formula is C17H34N2. The molecule has 0 spiro atoms. The molecule has 2 nitrogen and oxygen atoms in total. The lowest BCUT2D eigenvalue weighted by Gasteiger charge is -2.53. The summed E-state index contributed by atoms with van der Waals surface area (Å²) in [6.07, 6.45) is 5.22. The third-order valence-electron chi connectivity index (χ3n) is 5.68. The van der Waals surface area contributed by atoms with Gasteiger partial charge >= 0.3 is 0 Å². The standard InChI is InChI=1S/C17H34N2/c1-12-13(2)19(8-7-15(12)18)14-9-16(3,4)11-17(5,6)10-14/h12-15H,7-11,18H2,1-6H3. The highest BCUT2D eigenvalue weighted by molar-refractivity contribution is 4.97. The minimum Gasteiger partial charge on any atom is -0.327 e. The van der Waals surface area contributed by atoms with Gasteiger partial charge in [0.05, 0.1) is 0 Å². The zero-order chi connectivity index (χ0) is 14.4. The minimum atomic E-state index is 0.399. The lowest BCUT2D eigenvalue weighted by atomic mass is 9.63. The quantitative estimate of drug-likeness (QED) is 0.785. The van der Waals surface area contributed by atoms with Crippen molar-refractivity contribution in [3.8, 4) is 0 Å². The van der Waals surface area contributed by atoms with Crippen LogP contribution in [0.25, 0.3) is 0 Å². The van der Waals surface area contributed by atoms with E-state index in [1.165, 1.54) is 32.2 Å². The molecule has 2 heteroatoms. The van der Waals surface area contributed by atoms with E-state index in [9.17, 15) is 0 Å². The zero-order valence-corrected chi connectivity index (χ0v) is 13.9. The Balaban J connectivity index is 2.12. The van der Waals surface area contributed by atoms with Gasteiger partial charge in [-0.3, -0.25) is 4.90 Å². The normalized spacial score (nSPS) is 40.3. The number of likely N-dealkylation sites (tertiary alicyclic amines) is 1. The fraction of sp³-hybridized carbons (Fsp3) is 1.00. The molecule has 1 aliphatic heterocycles. The highest BCUT2D eigenvalue weighted by Gasteiger charge is 2.43. The van der Waals surface area contributed by atoms with Crippen molar-refractivity contribution >= 4 is 0 Å². The summed E-state index contributed by atoms with van der Waals surface area (Å²) >= 11 is 0. The van der Waals surface area contributed by atoms with Gasteiger partial charge in [0.25, 0.3) is 0 Å². The van der Waals surface area contributed by atoms with Gasteiger partial charge < -0.3 is 5.73 Å². The van der Waals surface area contributed by atoms with Crippen LogP contribution in [0.4, 0.5) is 0 Å². The number of nitrogens with two attached hydrogens (primary N) is 1. The van der Waals surface area contributed by atoms with E-state index < -0.39 is 0 Å². The van der Waals surface area contributed by atoms with Gasteiger partial charge in [-0.05, 0) is 49.4 Å². The van der Waals surface area contributed by atoms with Gasteiger partial charge in [-0.2, -0.15) is 0 Å². The smallest absolute Gasteiger partial charge is 0.0110 e. The summed E-state index contributed by atoms with van der Waals surface area (Å²) in [5.74, 6) is 0.627. The van der Waals surface area contributed by atoms with Crippen LogP contribution < -0.4 is 5.73 Å². The SMILES string of the molecule is CC1C(N)CCN(C2CC(C)(C)CC(C)(C)C2)C1C. The third-order valence-corrected chi connectivity index (χ3v) is 5.68. The van der Waals surface area contributed by atoms with Crippen LogP contribution in [0.2, 0.25) is 0 Å². The molecule has 0 aromatic rings. The summed E-state index contributed by atoms with van der Waals surface area (Å²) in [5, 5.41) is 0. The van der Waals surface area contributed by atoms with Crippen LogP contribution in [-0.2, 0) is 0 Å². The number of piperidine rings is 1. The van der Waals surface area contributed by atoms with Crippen molar-refractivity contribution < 1.29 is 0 Å². The molecule has 3 atom stereocenters. The Morgan fingerprint density at radius 1 is 1.00 bits per heavy atom. The first kappa shape index (κ1) is 15.3. The van der Waals surface area contributed by atoms with Crippen molar-refractivity contribution in [1.82, 2.24) is 4.90 Å². The van der Waals surface area contributed by atoms with E-state index in [0.717, 1.165) is 6.04 Å². The van der Waals surface area contributed by atoms with E-state index in [-0.39, 0.29) is 0 Å². The first-order chi connectivity index (χ1) is 8.61. The molecule has 2 aliphatic rings. The first-order valence-electron chi connectivity index (χ1n) is 8.13. The lowest BCUT2D eigenvalue weighted by molar-refractivity contribution is -0.0222. The molecule has 0 bridgehead atoms. The monoisotopic (exact) mass is 266 g/mol. The predicted octanol–water partition coefficient (Wildman–Crippen LogP) is 3.65. The second-order valence-corrected chi connectivity index (χ2v) is 8.86. The Hall–Kier alpha value is -0.0800. The molecule has 3 unspecified atom stereocenters. The zero-order valence-electron chi connectivity index (χ0n) is 13.9. The molecule has 1 heterocycles. The van der Waals surface area contributed by atoms with Crippen molar-refractivity contribution in [3.63, 3.8) is 0 Å². The van der Waals surface area contributed by atoms with E-state index in [0.29, 0.717) is 28.8 Å². The van der Waals surface area contributed by atoms with Crippen LogP contribution in [0, 0.1) is 16.7 Å². The molecule has 112 valence electrons. The van der Waals surface area contributed by atoms with E-state index in [1.54, 1.807) is 0 Å². The van der Waals surface area contributed by atoms with Crippen molar-refractivity contribution in [2.75, 3.05) is 6.54 Å². The highest BCUT2D eigenvalue weighted by atomic mass is 15.2. The molecule has 1 saturated heterocycles. The van der Waals surface area contributed by atoms with E-state index >= 15 is 0 Å². The minimum absolute atomic E-state index is 0.399. The van der Waals surface area contributed by atoms with Crippen molar-refractivity contribution in [1.29, 1.82) is 0 Å². The Morgan fingerprint density at radius 3 is 2.05 bits per heavy atom. The average Bonchev–Trinajstić information content (AvgIpc) is 2.21. The Labute approximate surface area is 120 Å². The van der Waals surface area contributed by atoms with Gasteiger partial charge in [0, 0.05) is 24.7 Å². The number of rotatable bonds is 1. The molecule has 0 aromatic heterocycles. The lowest BCUT2D eigenvalue weighted by Crippen LogP contribution is -2.57. The van der Waals surface area contributed by atoms with E-state index in [2.05, 4.69) is 46.4 Å². The number of hydrogen-bond donors (Lipinski definition) is 1. The van der Waals surface area contributed by atoms with Gasteiger partial charge in [0.2, 0.25) is 0 Å². The second kappa shape index (κ2) is 5.04. The van der Waals surface area contributed by atoms with E-state index in [1.807, 2.05) is 0 Å². The largest absolute Gasteiger partial charge is 0.327 e. The van der Waals surface area contributed by atoms with Gasteiger partial charge in [-0.25, -0.2) is 0 Å². The summed E-state index contributed by atoms with van der Waals surface area (Å²) in [4.78, 5) is 2.77. The molecule has 2 fully saturated rings. The second-order valence-electron chi connectivity index (χ2n) is 8.86. The van der Waals surface area contributed by atoms with Gasteiger partial charge in [0.15, 0.2) is 0 Å². The molecule has 2 rings (SSSR count). The van der Waals surface area contributed by atoms with Gasteiger partial charge in [0.1, 0.15) is 0 Å². The van der Waals surface area contributed by atoms with Gasteiger partial charge in [-0.15, -0.1) is 0 Å². The summed E-state index contributed by atoms with van der Waals surface area (Å²) in [6.45, 7) is 15.7. The maximum absolute atomic E-state index is 6.24. The van der Waals surface area contributed by atoms with Gasteiger partial charge in [-0.1, -0.05) is 34.6 Å². The maximum atomic E-state index is 6.24.